The van der Waals surface area contributed by atoms with E-state index in [1.54, 1.807) is 6.07 Å². The van der Waals surface area contributed by atoms with Crippen molar-refractivity contribution in [3.05, 3.63) is 48.0 Å². The van der Waals surface area contributed by atoms with Crippen LogP contribution in [0.25, 0.3) is 22.2 Å². The van der Waals surface area contributed by atoms with Crippen LogP contribution in [0.4, 0.5) is 13.2 Å². The lowest BCUT2D eigenvalue weighted by Crippen LogP contribution is -2.61. The number of benzene rings is 1. The van der Waals surface area contributed by atoms with Crippen LogP contribution in [0.2, 0.25) is 0 Å². The summed E-state index contributed by atoms with van der Waals surface area (Å²) in [6.45, 7) is 0.438. The molecule has 1 saturated heterocycles. The number of rotatable bonds is 6. The number of halogens is 3. The zero-order chi connectivity index (χ0) is 22.3. The maximum Gasteiger partial charge on any atom is 0.266 e. The van der Waals surface area contributed by atoms with Gasteiger partial charge in [0, 0.05) is 24.8 Å². The lowest BCUT2D eigenvalue weighted by molar-refractivity contribution is -0.136. The predicted octanol–water partition coefficient (Wildman–Crippen LogP) is 1.94. The van der Waals surface area contributed by atoms with Gasteiger partial charge in [-0.05, 0) is 23.8 Å². The molecule has 0 spiro atoms. The van der Waals surface area contributed by atoms with E-state index < -0.39 is 27.8 Å². The number of sulfonamides is 1. The molecule has 0 aliphatic carbocycles. The fourth-order valence-corrected chi connectivity index (χ4v) is 4.17. The van der Waals surface area contributed by atoms with E-state index in [0.29, 0.717) is 22.2 Å². The Bertz CT molecular complexity index is 1260. The number of amides is 1. The molecule has 0 radical (unpaired) electrons. The summed E-state index contributed by atoms with van der Waals surface area (Å²) in [5.74, 6) is -1.23. The second-order valence-corrected chi connectivity index (χ2v) is 9.13. The van der Waals surface area contributed by atoms with Crippen LogP contribution in [0.1, 0.15) is 12.0 Å². The van der Waals surface area contributed by atoms with Crippen LogP contribution in [0.5, 0.6) is 0 Å². The molecular weight excluding hydrogens is 435 g/mol. The second-order valence-electron chi connectivity index (χ2n) is 7.35. The molecule has 1 fully saturated rings. The van der Waals surface area contributed by atoms with Crippen molar-refractivity contribution in [1.29, 1.82) is 0 Å². The van der Waals surface area contributed by atoms with Crippen LogP contribution in [0.15, 0.2) is 36.7 Å². The number of pyridine rings is 1. The lowest BCUT2D eigenvalue weighted by Gasteiger charge is -2.39. The van der Waals surface area contributed by atoms with E-state index in [9.17, 15) is 26.4 Å². The summed E-state index contributed by atoms with van der Waals surface area (Å²) in [5.41, 5.74) is 1.16. The molecule has 0 unspecified atom stereocenters. The highest BCUT2D eigenvalue weighted by molar-refractivity contribution is 7.88. The van der Waals surface area contributed by atoms with Crippen LogP contribution < -0.4 is 4.72 Å². The van der Waals surface area contributed by atoms with E-state index in [1.165, 1.54) is 28.0 Å². The molecule has 8 nitrogen and oxygen atoms in total. The van der Waals surface area contributed by atoms with Gasteiger partial charge >= 0.3 is 0 Å². The number of aromatic nitrogens is 3. The molecule has 1 aliphatic rings. The molecule has 3 heterocycles. The summed E-state index contributed by atoms with van der Waals surface area (Å²) in [6.07, 6.45) is 1.06. The number of carbonyl (C=O) groups is 1. The molecule has 31 heavy (non-hydrogen) atoms. The zero-order valence-corrected chi connectivity index (χ0v) is 17.1. The minimum Gasteiger partial charge on any atom is -0.338 e. The molecular formula is C19H18F3N5O3S. The highest BCUT2D eigenvalue weighted by atomic mass is 32.2. The highest BCUT2D eigenvalue weighted by Crippen LogP contribution is 2.29. The fraction of sp³-hybridized carbons (Fsp3) is 0.316. The minimum atomic E-state index is -3.34. The quantitative estimate of drug-likeness (QED) is 0.615. The van der Waals surface area contributed by atoms with Gasteiger partial charge < -0.3 is 4.90 Å². The Kier molecular flexibility index (Phi) is 5.43. The van der Waals surface area contributed by atoms with Crippen molar-refractivity contribution in [3.8, 4) is 11.1 Å². The van der Waals surface area contributed by atoms with Crippen LogP contribution in [-0.2, 0) is 21.4 Å². The topological polar surface area (TPSA) is 97.2 Å². The zero-order valence-electron chi connectivity index (χ0n) is 16.3. The van der Waals surface area contributed by atoms with Gasteiger partial charge in [-0.2, -0.15) is 5.10 Å². The molecule has 1 aliphatic heterocycles. The molecule has 1 N–H and O–H groups in total. The van der Waals surface area contributed by atoms with Gasteiger partial charge in [-0.3, -0.25) is 14.5 Å². The van der Waals surface area contributed by atoms with E-state index in [1.807, 2.05) is 0 Å². The molecule has 2 aromatic heterocycles. The standard InChI is InChI=1S/C19H18F3N5O3S/c1-31(29,30)25-13-8-26(9-13)18(28)10-27-17-5-12(6-23-16(17)7-24-27)11-2-3-15(20)14(4-11)19(21)22/h2-7,13,19,25H,8-10H2,1H3. The van der Waals surface area contributed by atoms with Gasteiger partial charge in [0.05, 0.1) is 29.6 Å². The van der Waals surface area contributed by atoms with Gasteiger partial charge in [0.1, 0.15) is 17.9 Å². The average molecular weight is 453 g/mol. The monoisotopic (exact) mass is 453 g/mol. The van der Waals surface area contributed by atoms with Crippen LogP contribution in [0.3, 0.4) is 0 Å². The predicted molar refractivity (Wildman–Crippen MR) is 106 cm³/mol. The van der Waals surface area contributed by atoms with E-state index in [-0.39, 0.29) is 31.6 Å². The van der Waals surface area contributed by atoms with Crippen molar-refractivity contribution in [2.75, 3.05) is 19.3 Å². The van der Waals surface area contributed by atoms with Crippen molar-refractivity contribution in [1.82, 2.24) is 24.4 Å². The second kappa shape index (κ2) is 7.93. The number of hydrogen-bond donors (Lipinski definition) is 1. The van der Waals surface area contributed by atoms with E-state index in [4.69, 9.17) is 0 Å². The van der Waals surface area contributed by atoms with Gasteiger partial charge in [0.2, 0.25) is 15.9 Å². The first-order valence-corrected chi connectivity index (χ1v) is 11.1. The van der Waals surface area contributed by atoms with Crippen LogP contribution in [0, 0.1) is 5.82 Å². The highest BCUT2D eigenvalue weighted by Gasteiger charge is 2.32. The Balaban J connectivity index is 1.53. The summed E-state index contributed by atoms with van der Waals surface area (Å²) in [5, 5.41) is 4.16. The number of alkyl halides is 2. The van der Waals surface area contributed by atoms with Gasteiger partial charge in [0.15, 0.2) is 0 Å². The SMILES string of the molecule is CS(=O)(=O)NC1CN(C(=O)Cn2ncc3ncc(-c4ccc(F)c(C(F)F)c4)cc32)C1. The Hall–Kier alpha value is -2.99. The van der Waals surface area contributed by atoms with Crippen molar-refractivity contribution < 1.29 is 26.4 Å². The lowest BCUT2D eigenvalue weighted by atomic mass is 10.0. The molecule has 0 atom stereocenters. The largest absolute Gasteiger partial charge is 0.338 e. The Morgan fingerprint density at radius 1 is 1.23 bits per heavy atom. The number of nitrogens with one attached hydrogen (secondary N) is 1. The van der Waals surface area contributed by atoms with Crippen molar-refractivity contribution in [2.45, 2.75) is 19.0 Å². The Morgan fingerprint density at radius 2 is 1.97 bits per heavy atom. The Labute approximate surface area is 175 Å². The number of fused-ring (bicyclic) bond motifs is 1. The normalized spacial score (nSPS) is 14.9. The van der Waals surface area contributed by atoms with Crippen LogP contribution >= 0.6 is 0 Å². The number of hydrogen-bond acceptors (Lipinski definition) is 5. The van der Waals surface area contributed by atoms with Gasteiger partial charge in [-0.15, -0.1) is 0 Å². The average Bonchev–Trinajstić information content (AvgIpc) is 3.05. The summed E-state index contributed by atoms with van der Waals surface area (Å²) < 4.78 is 66.0. The Morgan fingerprint density at radius 3 is 2.65 bits per heavy atom. The molecule has 0 bridgehead atoms. The van der Waals surface area contributed by atoms with Crippen LogP contribution in [-0.4, -0.2) is 59.4 Å². The first-order valence-electron chi connectivity index (χ1n) is 9.25. The number of nitrogens with zero attached hydrogens (tertiary/aromatic N) is 4. The first kappa shape index (κ1) is 21.2. The number of carbonyl (C=O) groups excluding carboxylic acids is 1. The van der Waals surface area contributed by atoms with E-state index >= 15 is 0 Å². The summed E-state index contributed by atoms with van der Waals surface area (Å²) >= 11 is 0. The minimum absolute atomic E-state index is 0.0913. The summed E-state index contributed by atoms with van der Waals surface area (Å²) in [6, 6.07) is 4.76. The molecule has 1 amide bonds. The molecule has 4 rings (SSSR count). The van der Waals surface area contributed by atoms with E-state index in [0.717, 1.165) is 18.4 Å². The third-order valence-corrected chi connectivity index (χ3v) is 5.72. The molecule has 12 heteroatoms. The van der Waals surface area contributed by atoms with Gasteiger partial charge in [-0.1, -0.05) is 6.07 Å². The summed E-state index contributed by atoms with van der Waals surface area (Å²) in [4.78, 5) is 18.3. The molecule has 3 aromatic rings. The van der Waals surface area contributed by atoms with Crippen molar-refractivity contribution in [2.24, 2.45) is 0 Å². The van der Waals surface area contributed by atoms with E-state index in [2.05, 4.69) is 14.8 Å². The van der Waals surface area contributed by atoms with Gasteiger partial charge in [0.25, 0.3) is 6.43 Å². The first-order chi connectivity index (χ1) is 14.6. The fourth-order valence-electron chi connectivity index (χ4n) is 3.42. The van der Waals surface area contributed by atoms with Crippen molar-refractivity contribution >= 4 is 27.0 Å². The summed E-state index contributed by atoms with van der Waals surface area (Å²) in [7, 11) is -3.34. The third kappa shape index (κ3) is 4.54. The maximum absolute atomic E-state index is 13.6. The van der Waals surface area contributed by atoms with Gasteiger partial charge in [-0.25, -0.2) is 26.3 Å². The maximum atomic E-state index is 13.6. The smallest absolute Gasteiger partial charge is 0.266 e. The molecule has 164 valence electrons. The molecule has 1 aromatic carbocycles. The number of likely N-dealkylation sites (tertiary alicyclic amines) is 1. The third-order valence-electron chi connectivity index (χ3n) is 4.96. The van der Waals surface area contributed by atoms with Crippen molar-refractivity contribution in [3.63, 3.8) is 0 Å². The molecule has 0 saturated carbocycles.